The minimum absolute atomic E-state index is 0.131. The Kier molecular flexibility index (Phi) is 10.3. The van der Waals surface area contributed by atoms with Gasteiger partial charge in [-0.2, -0.15) is 0 Å². The van der Waals surface area contributed by atoms with Crippen molar-refractivity contribution < 1.29 is 14.3 Å². The Bertz CT molecular complexity index is 1180. The second-order valence-electron chi connectivity index (χ2n) is 9.88. The van der Waals surface area contributed by atoms with Crippen LogP contribution in [0.2, 0.25) is 0 Å². The molecule has 0 atom stereocenters. The van der Waals surface area contributed by atoms with Crippen molar-refractivity contribution in [3.8, 4) is 0 Å². The molecule has 3 aromatic carbocycles. The number of esters is 1. The average Bonchev–Trinajstić information content (AvgIpc) is 2.97. The standard InChI is InChI=1S/C33H38N2O3/c1-38-32(36)26-30-15-13-28(14-16-30)10-5-6-11-29-17-19-31(20-18-29)33(37)35-24-22-34(23-25-35)21-7-12-27-8-3-2-4-9-27/h2-4,7-9,12-20H,5-6,10-11,21-26H2,1H3/b12-7+. The minimum atomic E-state index is -0.212. The highest BCUT2D eigenvalue weighted by molar-refractivity contribution is 5.94. The molecule has 0 N–H and O–H groups in total. The van der Waals surface area contributed by atoms with Crippen LogP contribution in [-0.4, -0.2) is 61.5 Å². The van der Waals surface area contributed by atoms with Crippen molar-refractivity contribution in [2.24, 2.45) is 0 Å². The van der Waals surface area contributed by atoms with Crippen molar-refractivity contribution in [3.63, 3.8) is 0 Å². The first kappa shape index (κ1) is 27.3. The maximum atomic E-state index is 13.0. The summed E-state index contributed by atoms with van der Waals surface area (Å²) in [5.74, 6) is -0.0810. The molecule has 0 bridgehead atoms. The summed E-state index contributed by atoms with van der Waals surface area (Å²) in [6.45, 7) is 4.24. The molecule has 1 fully saturated rings. The van der Waals surface area contributed by atoms with Crippen LogP contribution >= 0.6 is 0 Å². The van der Waals surface area contributed by atoms with E-state index in [1.807, 2.05) is 35.2 Å². The predicted octanol–water partition coefficient (Wildman–Crippen LogP) is 5.44. The van der Waals surface area contributed by atoms with Crippen LogP contribution in [0.3, 0.4) is 0 Å². The van der Waals surface area contributed by atoms with Crippen LogP contribution in [0, 0.1) is 0 Å². The topological polar surface area (TPSA) is 49.9 Å². The van der Waals surface area contributed by atoms with E-state index in [0.29, 0.717) is 6.42 Å². The van der Waals surface area contributed by atoms with Crippen LogP contribution in [0.4, 0.5) is 0 Å². The van der Waals surface area contributed by atoms with Gasteiger partial charge in [0.15, 0.2) is 0 Å². The summed E-state index contributed by atoms with van der Waals surface area (Å²) in [6, 6.07) is 26.7. The molecule has 0 radical (unpaired) electrons. The van der Waals surface area contributed by atoms with E-state index in [1.54, 1.807) is 0 Å². The van der Waals surface area contributed by atoms with Crippen LogP contribution in [0.15, 0.2) is 84.9 Å². The number of hydrogen-bond acceptors (Lipinski definition) is 4. The smallest absolute Gasteiger partial charge is 0.309 e. The van der Waals surface area contributed by atoms with E-state index < -0.39 is 0 Å². The number of carbonyl (C=O) groups is 2. The molecule has 38 heavy (non-hydrogen) atoms. The molecule has 1 heterocycles. The number of ether oxygens (including phenoxy) is 1. The highest BCUT2D eigenvalue weighted by Gasteiger charge is 2.21. The van der Waals surface area contributed by atoms with Crippen LogP contribution < -0.4 is 0 Å². The van der Waals surface area contributed by atoms with Crippen molar-refractivity contribution in [2.75, 3.05) is 39.8 Å². The highest BCUT2D eigenvalue weighted by Crippen LogP contribution is 2.14. The molecule has 1 aliphatic heterocycles. The third kappa shape index (κ3) is 8.42. The summed E-state index contributed by atoms with van der Waals surface area (Å²) in [6.07, 6.45) is 8.89. The number of unbranched alkanes of at least 4 members (excludes halogenated alkanes) is 1. The molecule has 5 nitrogen and oxygen atoms in total. The molecular weight excluding hydrogens is 472 g/mol. The average molecular weight is 511 g/mol. The maximum Gasteiger partial charge on any atom is 0.309 e. The Morgan fingerprint density at radius 1 is 0.763 bits per heavy atom. The van der Waals surface area contributed by atoms with E-state index in [-0.39, 0.29) is 11.9 Å². The summed E-state index contributed by atoms with van der Waals surface area (Å²) in [4.78, 5) is 28.8. The highest BCUT2D eigenvalue weighted by atomic mass is 16.5. The lowest BCUT2D eigenvalue weighted by Crippen LogP contribution is -2.48. The SMILES string of the molecule is COC(=O)Cc1ccc(CCCCc2ccc(C(=O)N3CCN(C/C=C/c4ccccc4)CC3)cc2)cc1. The molecule has 0 unspecified atom stereocenters. The summed E-state index contributed by atoms with van der Waals surface area (Å²) in [5.41, 5.74) is 5.52. The van der Waals surface area contributed by atoms with Gasteiger partial charge in [-0.15, -0.1) is 0 Å². The van der Waals surface area contributed by atoms with Gasteiger partial charge in [-0.25, -0.2) is 0 Å². The van der Waals surface area contributed by atoms with Gasteiger partial charge in [0.1, 0.15) is 0 Å². The Labute approximate surface area is 226 Å². The normalized spacial score (nSPS) is 14.1. The summed E-state index contributed by atoms with van der Waals surface area (Å²) >= 11 is 0. The van der Waals surface area contributed by atoms with Gasteiger partial charge in [-0.05, 0) is 60.1 Å². The first-order valence-corrected chi connectivity index (χ1v) is 13.6. The molecule has 0 aliphatic carbocycles. The first-order chi connectivity index (χ1) is 18.6. The zero-order valence-corrected chi connectivity index (χ0v) is 22.4. The quantitative estimate of drug-likeness (QED) is 0.255. The number of methoxy groups -OCH3 is 1. The Hall–Kier alpha value is -3.70. The van der Waals surface area contributed by atoms with Crippen molar-refractivity contribution in [1.29, 1.82) is 0 Å². The van der Waals surface area contributed by atoms with Crippen LogP contribution in [0.5, 0.6) is 0 Å². The lowest BCUT2D eigenvalue weighted by molar-refractivity contribution is -0.139. The van der Waals surface area contributed by atoms with E-state index >= 15 is 0 Å². The van der Waals surface area contributed by atoms with Crippen molar-refractivity contribution in [3.05, 3.63) is 113 Å². The first-order valence-electron chi connectivity index (χ1n) is 13.6. The van der Waals surface area contributed by atoms with Gasteiger partial charge in [-0.3, -0.25) is 14.5 Å². The fourth-order valence-corrected chi connectivity index (χ4v) is 4.75. The number of aryl methyl sites for hydroxylation is 2. The molecule has 5 heteroatoms. The molecule has 0 saturated carbocycles. The number of hydrogen-bond donors (Lipinski definition) is 0. The van der Waals surface area contributed by atoms with E-state index in [0.717, 1.165) is 69.5 Å². The summed E-state index contributed by atoms with van der Waals surface area (Å²) in [5, 5.41) is 0. The maximum absolute atomic E-state index is 13.0. The lowest BCUT2D eigenvalue weighted by atomic mass is 10.0. The second-order valence-corrected chi connectivity index (χ2v) is 9.88. The fourth-order valence-electron chi connectivity index (χ4n) is 4.75. The molecule has 0 spiro atoms. The lowest BCUT2D eigenvalue weighted by Gasteiger charge is -2.34. The molecule has 198 valence electrons. The predicted molar refractivity (Wildman–Crippen MR) is 153 cm³/mol. The van der Waals surface area contributed by atoms with Gasteiger partial charge in [0.05, 0.1) is 13.5 Å². The third-order valence-electron chi connectivity index (χ3n) is 7.11. The van der Waals surface area contributed by atoms with Gasteiger partial charge >= 0.3 is 5.97 Å². The molecular formula is C33H38N2O3. The van der Waals surface area contributed by atoms with Crippen molar-refractivity contribution >= 4 is 18.0 Å². The Morgan fingerprint density at radius 3 is 1.95 bits per heavy atom. The van der Waals surface area contributed by atoms with Gasteiger partial charge in [0, 0.05) is 38.3 Å². The van der Waals surface area contributed by atoms with E-state index in [9.17, 15) is 9.59 Å². The van der Waals surface area contributed by atoms with Gasteiger partial charge < -0.3 is 9.64 Å². The van der Waals surface area contributed by atoms with Crippen LogP contribution in [0.25, 0.3) is 6.08 Å². The largest absolute Gasteiger partial charge is 0.469 e. The molecule has 3 aromatic rings. The molecule has 0 aromatic heterocycles. The number of piperazine rings is 1. The Morgan fingerprint density at radius 2 is 1.34 bits per heavy atom. The fraction of sp³-hybridized carbons (Fsp3) is 0.333. The van der Waals surface area contributed by atoms with Gasteiger partial charge in [-0.1, -0.05) is 78.9 Å². The second kappa shape index (κ2) is 14.3. The number of amides is 1. The third-order valence-corrected chi connectivity index (χ3v) is 7.11. The van der Waals surface area contributed by atoms with Gasteiger partial charge in [0.25, 0.3) is 5.91 Å². The number of benzene rings is 3. The summed E-state index contributed by atoms with van der Waals surface area (Å²) < 4.78 is 4.72. The summed E-state index contributed by atoms with van der Waals surface area (Å²) in [7, 11) is 1.41. The monoisotopic (exact) mass is 510 g/mol. The minimum Gasteiger partial charge on any atom is -0.469 e. The zero-order chi connectivity index (χ0) is 26.6. The number of rotatable bonds is 11. The van der Waals surface area contributed by atoms with E-state index in [1.165, 1.54) is 23.8 Å². The molecule has 1 amide bonds. The van der Waals surface area contributed by atoms with Crippen LogP contribution in [0.1, 0.15) is 45.5 Å². The van der Waals surface area contributed by atoms with Crippen molar-refractivity contribution in [2.45, 2.75) is 32.1 Å². The number of carbonyl (C=O) groups excluding carboxylic acids is 2. The zero-order valence-electron chi connectivity index (χ0n) is 22.4. The number of nitrogens with zero attached hydrogens (tertiary/aromatic N) is 2. The Balaban J connectivity index is 1.15. The van der Waals surface area contributed by atoms with Crippen molar-refractivity contribution in [1.82, 2.24) is 9.80 Å². The van der Waals surface area contributed by atoms with Gasteiger partial charge in [0.2, 0.25) is 0 Å². The molecule has 4 rings (SSSR count). The molecule has 1 aliphatic rings. The molecule has 1 saturated heterocycles. The van der Waals surface area contributed by atoms with E-state index in [4.69, 9.17) is 4.74 Å². The van der Waals surface area contributed by atoms with E-state index in [2.05, 4.69) is 65.6 Å². The van der Waals surface area contributed by atoms with Crippen LogP contribution in [-0.2, 0) is 28.8 Å².